The summed E-state index contributed by atoms with van der Waals surface area (Å²) in [6.07, 6.45) is -0.374. The summed E-state index contributed by atoms with van der Waals surface area (Å²) < 4.78 is 35.1. The Morgan fingerprint density at radius 3 is 2.65 bits per heavy atom. The second-order valence-electron chi connectivity index (χ2n) is 9.18. The monoisotopic (exact) mass is 468 g/mol. The van der Waals surface area contributed by atoms with Gasteiger partial charge in [0, 0.05) is 18.7 Å². The number of aromatic nitrogens is 3. The predicted molar refractivity (Wildman–Crippen MR) is 126 cm³/mol. The fraction of sp³-hybridized carbons (Fsp3) is 0.375. The minimum absolute atomic E-state index is 0.0474. The molecule has 34 heavy (non-hydrogen) atoms. The van der Waals surface area contributed by atoms with E-state index < -0.39 is 17.2 Å². The Bertz CT molecular complexity index is 1280. The number of anilines is 2. The number of benzene rings is 1. The molecule has 1 unspecified atom stereocenters. The number of pyridine rings is 1. The number of halogens is 2. The van der Waals surface area contributed by atoms with Crippen LogP contribution in [-0.2, 0) is 4.74 Å². The van der Waals surface area contributed by atoms with Gasteiger partial charge < -0.3 is 20.1 Å². The molecule has 5 rings (SSSR count). The molecule has 1 atom stereocenters. The van der Waals surface area contributed by atoms with Crippen molar-refractivity contribution < 1.29 is 18.6 Å². The van der Waals surface area contributed by atoms with Crippen LogP contribution in [0.15, 0.2) is 29.3 Å². The van der Waals surface area contributed by atoms with Crippen LogP contribution in [0.4, 0.5) is 26.0 Å². The Hall–Kier alpha value is -3.37. The van der Waals surface area contributed by atoms with E-state index in [0.717, 1.165) is 0 Å². The number of nitrogens with one attached hydrogen (secondary N) is 2. The van der Waals surface area contributed by atoms with Crippen LogP contribution in [0, 0.1) is 25.5 Å². The van der Waals surface area contributed by atoms with Crippen LogP contribution < -0.4 is 10.2 Å². The smallest absolute Gasteiger partial charge is 0.144 e. The SMILES string of the molecule is Cc1nc(N2CCOC(C(C)(C)O)C2)cc2c1N=C(c1c(F)cccc1F)Nc1c-2n[nH]c1C. The molecule has 0 spiro atoms. The van der Waals surface area contributed by atoms with Crippen molar-refractivity contribution in [2.24, 2.45) is 4.99 Å². The van der Waals surface area contributed by atoms with Gasteiger partial charge in [0.05, 0.1) is 40.5 Å². The van der Waals surface area contributed by atoms with Crippen molar-refractivity contribution in [1.29, 1.82) is 0 Å². The van der Waals surface area contributed by atoms with Gasteiger partial charge in [0.2, 0.25) is 0 Å². The quantitative estimate of drug-likeness (QED) is 0.540. The first-order valence-electron chi connectivity index (χ1n) is 11.1. The predicted octanol–water partition coefficient (Wildman–Crippen LogP) is 3.85. The van der Waals surface area contributed by atoms with Crippen LogP contribution in [0.2, 0.25) is 0 Å². The molecular formula is C24H26F2N6O2. The van der Waals surface area contributed by atoms with E-state index in [1.165, 1.54) is 18.2 Å². The maximum absolute atomic E-state index is 14.6. The Morgan fingerprint density at radius 1 is 1.21 bits per heavy atom. The molecule has 8 nitrogen and oxygen atoms in total. The topological polar surface area (TPSA) is 98.7 Å². The van der Waals surface area contributed by atoms with Gasteiger partial charge in [-0.25, -0.2) is 18.8 Å². The maximum atomic E-state index is 14.6. The van der Waals surface area contributed by atoms with Crippen LogP contribution in [0.25, 0.3) is 11.3 Å². The molecule has 178 valence electrons. The van der Waals surface area contributed by atoms with Gasteiger partial charge in [-0.05, 0) is 45.9 Å². The largest absolute Gasteiger partial charge is 0.388 e. The molecular weight excluding hydrogens is 442 g/mol. The second-order valence-corrected chi connectivity index (χ2v) is 9.18. The first kappa shape index (κ1) is 22.4. The highest BCUT2D eigenvalue weighted by Crippen LogP contribution is 2.42. The zero-order valence-electron chi connectivity index (χ0n) is 19.4. The highest BCUT2D eigenvalue weighted by Gasteiger charge is 2.34. The molecule has 3 aromatic rings. The van der Waals surface area contributed by atoms with Gasteiger partial charge in [-0.1, -0.05) is 6.07 Å². The molecule has 0 aliphatic carbocycles. The van der Waals surface area contributed by atoms with Crippen LogP contribution >= 0.6 is 0 Å². The van der Waals surface area contributed by atoms with Crippen LogP contribution in [0.1, 0.15) is 30.8 Å². The van der Waals surface area contributed by atoms with Gasteiger partial charge >= 0.3 is 0 Å². The van der Waals surface area contributed by atoms with Gasteiger partial charge in [0.1, 0.15) is 35.1 Å². The molecule has 0 bridgehead atoms. The summed E-state index contributed by atoms with van der Waals surface area (Å²) in [6, 6.07) is 5.59. The van der Waals surface area contributed by atoms with E-state index in [4.69, 9.17) is 9.72 Å². The number of aromatic amines is 1. The molecule has 3 N–H and O–H groups in total. The molecule has 2 aliphatic heterocycles. The van der Waals surface area contributed by atoms with Gasteiger partial charge in [-0.3, -0.25) is 5.10 Å². The van der Waals surface area contributed by atoms with E-state index in [1.54, 1.807) is 20.8 Å². The van der Waals surface area contributed by atoms with Crippen molar-refractivity contribution in [2.75, 3.05) is 29.9 Å². The van der Waals surface area contributed by atoms with Crippen molar-refractivity contribution in [3.05, 3.63) is 52.9 Å². The third-order valence-corrected chi connectivity index (χ3v) is 6.20. The van der Waals surface area contributed by atoms with Crippen LogP contribution in [0.3, 0.4) is 0 Å². The number of aliphatic imine (C=N–C) groups is 1. The van der Waals surface area contributed by atoms with Crippen LogP contribution in [-0.4, -0.2) is 57.5 Å². The third-order valence-electron chi connectivity index (χ3n) is 6.20. The molecule has 1 saturated heterocycles. The summed E-state index contributed by atoms with van der Waals surface area (Å²) in [7, 11) is 0. The summed E-state index contributed by atoms with van der Waals surface area (Å²) >= 11 is 0. The number of hydrogen-bond donors (Lipinski definition) is 3. The van der Waals surface area contributed by atoms with Crippen molar-refractivity contribution in [1.82, 2.24) is 15.2 Å². The van der Waals surface area contributed by atoms with E-state index in [1.807, 2.05) is 13.0 Å². The van der Waals surface area contributed by atoms with Gasteiger partial charge in [-0.2, -0.15) is 5.10 Å². The maximum Gasteiger partial charge on any atom is 0.144 e. The fourth-order valence-electron chi connectivity index (χ4n) is 4.30. The number of rotatable bonds is 3. The number of hydrogen-bond acceptors (Lipinski definition) is 7. The highest BCUT2D eigenvalue weighted by atomic mass is 19.1. The van der Waals surface area contributed by atoms with E-state index >= 15 is 0 Å². The average molecular weight is 469 g/mol. The van der Waals surface area contributed by atoms with Crippen molar-refractivity contribution in [3.8, 4) is 11.3 Å². The number of amidine groups is 1. The molecule has 0 amide bonds. The van der Waals surface area contributed by atoms with Crippen molar-refractivity contribution in [3.63, 3.8) is 0 Å². The van der Waals surface area contributed by atoms with Crippen molar-refractivity contribution >= 4 is 23.0 Å². The Kier molecular flexibility index (Phi) is 5.37. The standard InChI is InChI=1S/C24H26F2N6O2/c1-12-20-14(10-18(27-12)32-8-9-34-17(11-32)24(3,4)33)22-21(13(2)30-31-22)29-23(28-20)19-15(25)6-5-7-16(19)26/h5-7,10,17,33H,8-9,11H2,1-4H3,(H,28,29)(H,30,31). The Balaban J connectivity index is 1.66. The first-order valence-corrected chi connectivity index (χ1v) is 11.1. The lowest BCUT2D eigenvalue weighted by atomic mass is 10.00. The average Bonchev–Trinajstić information content (AvgIpc) is 3.05. The zero-order chi connectivity index (χ0) is 24.2. The Labute approximate surface area is 195 Å². The summed E-state index contributed by atoms with van der Waals surface area (Å²) in [6.45, 7) is 8.60. The molecule has 2 aliphatic rings. The Morgan fingerprint density at radius 2 is 1.94 bits per heavy atom. The number of aliphatic hydroxyl groups is 1. The number of H-pyrrole nitrogens is 1. The number of fused-ring (bicyclic) bond motifs is 3. The zero-order valence-corrected chi connectivity index (χ0v) is 19.4. The van der Waals surface area contributed by atoms with E-state index in [-0.39, 0.29) is 17.5 Å². The van der Waals surface area contributed by atoms with Gasteiger partial charge in [-0.15, -0.1) is 0 Å². The molecule has 2 aromatic heterocycles. The number of aryl methyl sites for hydroxylation is 2. The molecule has 1 fully saturated rings. The van der Waals surface area contributed by atoms with Gasteiger partial charge in [0.15, 0.2) is 0 Å². The lowest BCUT2D eigenvalue weighted by molar-refractivity contribution is -0.0929. The molecule has 10 heteroatoms. The molecule has 0 saturated carbocycles. The minimum atomic E-state index is -1.00. The molecule has 0 radical (unpaired) electrons. The third kappa shape index (κ3) is 3.82. The lowest BCUT2D eigenvalue weighted by Crippen LogP contribution is -2.52. The second kappa shape index (κ2) is 8.14. The van der Waals surface area contributed by atoms with E-state index in [0.29, 0.717) is 59.5 Å². The number of ether oxygens (including phenoxy) is 1. The first-order chi connectivity index (χ1) is 16.1. The molecule has 4 heterocycles. The van der Waals surface area contributed by atoms with Crippen LogP contribution in [0.5, 0.6) is 0 Å². The van der Waals surface area contributed by atoms with Crippen molar-refractivity contribution in [2.45, 2.75) is 39.4 Å². The highest BCUT2D eigenvalue weighted by molar-refractivity contribution is 6.14. The van der Waals surface area contributed by atoms with E-state index in [2.05, 4.69) is 25.4 Å². The lowest BCUT2D eigenvalue weighted by Gasteiger charge is -2.39. The minimum Gasteiger partial charge on any atom is -0.388 e. The number of morpholine rings is 1. The normalized spacial score (nSPS) is 18.0. The molecule has 1 aromatic carbocycles. The van der Waals surface area contributed by atoms with E-state index in [9.17, 15) is 13.9 Å². The van der Waals surface area contributed by atoms with Gasteiger partial charge in [0.25, 0.3) is 0 Å². The summed E-state index contributed by atoms with van der Waals surface area (Å²) in [5, 5.41) is 20.9. The summed E-state index contributed by atoms with van der Waals surface area (Å²) in [5.74, 6) is -0.696. The summed E-state index contributed by atoms with van der Waals surface area (Å²) in [5.41, 5.74) is 2.39. The summed E-state index contributed by atoms with van der Waals surface area (Å²) in [4.78, 5) is 11.4. The fourth-order valence-corrected chi connectivity index (χ4v) is 4.30. The number of nitrogens with zero attached hydrogens (tertiary/aromatic N) is 4.